The molecule has 0 unspecified atom stereocenters. The van der Waals surface area contributed by atoms with Gasteiger partial charge in [0.25, 0.3) is 0 Å². The lowest BCUT2D eigenvalue weighted by molar-refractivity contribution is 0.627. The monoisotopic (exact) mass is 283 g/mol. The second-order valence-electron chi connectivity index (χ2n) is 4.99. The molecule has 0 saturated carbocycles. The topological polar surface area (TPSA) is 28.0 Å². The summed E-state index contributed by atoms with van der Waals surface area (Å²) in [7, 11) is 3.77. The maximum atomic E-state index is 13.0. The molecule has 2 rings (SSSR count). The minimum absolute atomic E-state index is 0.273. The summed E-state index contributed by atoms with van der Waals surface area (Å²) in [6, 6.07) is 14.0. The molecular weight excluding hydrogens is 265 g/mol. The number of hydrogen-bond acceptors (Lipinski definition) is 1. The van der Waals surface area contributed by atoms with E-state index < -0.39 is 0 Å². The highest BCUT2D eigenvalue weighted by Gasteiger charge is 2.03. The Bertz CT molecular complexity index is 641. The number of aliphatic imine (C=N–C) groups is 2. The van der Waals surface area contributed by atoms with Gasteiger partial charge in [-0.05, 0) is 43.3 Å². The summed E-state index contributed by atoms with van der Waals surface area (Å²) in [5.74, 6) is 0.276. The molecule has 2 aromatic carbocycles. The predicted octanol–water partition coefficient (Wildman–Crippen LogP) is 3.80. The second kappa shape index (κ2) is 6.79. The average molecular weight is 283 g/mol. The van der Waals surface area contributed by atoms with E-state index in [-0.39, 0.29) is 5.82 Å². The van der Waals surface area contributed by atoms with Crippen LogP contribution in [-0.4, -0.2) is 31.2 Å². The van der Waals surface area contributed by atoms with Crippen molar-refractivity contribution < 1.29 is 4.39 Å². The number of amidine groups is 1. The van der Waals surface area contributed by atoms with E-state index in [0.717, 1.165) is 11.3 Å². The van der Waals surface area contributed by atoms with Gasteiger partial charge in [0.05, 0.1) is 12.0 Å². The first-order valence-corrected chi connectivity index (χ1v) is 6.66. The molecule has 21 heavy (non-hydrogen) atoms. The van der Waals surface area contributed by atoms with Gasteiger partial charge >= 0.3 is 0 Å². The summed E-state index contributed by atoms with van der Waals surface area (Å²) in [4.78, 5) is 10.7. The standard InChI is InChI=1S/C17H18FN3/c1-13-4-10-16(11-5-13)20-17(19-12-21(2)3)14-6-8-15(18)9-7-14/h4-12H,1-3H3. The first-order chi connectivity index (χ1) is 10.0. The molecule has 0 saturated heterocycles. The molecule has 0 heterocycles. The number of halogens is 1. The maximum absolute atomic E-state index is 13.0. The van der Waals surface area contributed by atoms with Crippen LogP contribution in [0.5, 0.6) is 0 Å². The van der Waals surface area contributed by atoms with E-state index in [4.69, 9.17) is 0 Å². The molecule has 0 atom stereocenters. The van der Waals surface area contributed by atoms with Crippen LogP contribution in [0.2, 0.25) is 0 Å². The van der Waals surface area contributed by atoms with E-state index in [1.165, 1.54) is 17.7 Å². The molecule has 108 valence electrons. The smallest absolute Gasteiger partial charge is 0.161 e. The molecule has 0 aromatic heterocycles. The van der Waals surface area contributed by atoms with Crippen molar-refractivity contribution in [1.29, 1.82) is 0 Å². The molecule has 0 aliphatic carbocycles. The quantitative estimate of drug-likeness (QED) is 0.622. The van der Waals surface area contributed by atoms with Crippen LogP contribution in [0.25, 0.3) is 0 Å². The fourth-order valence-electron chi connectivity index (χ4n) is 1.68. The number of benzene rings is 2. The van der Waals surface area contributed by atoms with Gasteiger partial charge in [-0.2, -0.15) is 0 Å². The van der Waals surface area contributed by atoms with Gasteiger partial charge < -0.3 is 4.90 Å². The van der Waals surface area contributed by atoms with Crippen LogP contribution in [-0.2, 0) is 0 Å². The van der Waals surface area contributed by atoms with Crippen molar-refractivity contribution in [3.63, 3.8) is 0 Å². The third-order valence-electron chi connectivity index (χ3n) is 2.78. The van der Waals surface area contributed by atoms with Crippen LogP contribution < -0.4 is 0 Å². The number of rotatable bonds is 3. The summed E-state index contributed by atoms with van der Waals surface area (Å²) in [5, 5.41) is 0. The Balaban J connectivity index is 2.40. The fourth-order valence-corrected chi connectivity index (χ4v) is 1.68. The minimum Gasteiger partial charge on any atom is -0.369 e. The van der Waals surface area contributed by atoms with Crippen molar-refractivity contribution in [3.8, 4) is 0 Å². The van der Waals surface area contributed by atoms with E-state index >= 15 is 0 Å². The molecule has 0 spiro atoms. The Hall–Kier alpha value is -2.49. The molecule has 3 nitrogen and oxygen atoms in total. The molecule has 0 aliphatic rings. The van der Waals surface area contributed by atoms with E-state index in [1.807, 2.05) is 50.2 Å². The van der Waals surface area contributed by atoms with E-state index in [2.05, 4.69) is 9.98 Å². The highest BCUT2D eigenvalue weighted by atomic mass is 19.1. The Morgan fingerprint density at radius 2 is 1.62 bits per heavy atom. The molecule has 0 fully saturated rings. The van der Waals surface area contributed by atoms with E-state index in [9.17, 15) is 4.39 Å². The number of aryl methyl sites for hydroxylation is 1. The number of nitrogens with zero attached hydrogens (tertiary/aromatic N) is 3. The zero-order valence-electron chi connectivity index (χ0n) is 12.4. The summed E-state index contributed by atoms with van der Waals surface area (Å²) in [6.07, 6.45) is 1.68. The van der Waals surface area contributed by atoms with Gasteiger partial charge in [0.15, 0.2) is 5.84 Å². The Labute approximate surface area is 124 Å². The largest absolute Gasteiger partial charge is 0.369 e. The Kier molecular flexibility index (Phi) is 4.82. The van der Waals surface area contributed by atoms with E-state index in [0.29, 0.717) is 5.84 Å². The molecule has 0 bridgehead atoms. The molecular formula is C17H18FN3. The zero-order chi connectivity index (χ0) is 15.2. The second-order valence-corrected chi connectivity index (χ2v) is 4.99. The van der Waals surface area contributed by atoms with Crippen molar-refractivity contribution in [2.24, 2.45) is 9.98 Å². The van der Waals surface area contributed by atoms with Gasteiger partial charge in [-0.1, -0.05) is 17.7 Å². The lowest BCUT2D eigenvalue weighted by atomic mass is 10.2. The van der Waals surface area contributed by atoms with Crippen molar-refractivity contribution >= 4 is 17.9 Å². The third kappa shape index (κ3) is 4.53. The van der Waals surface area contributed by atoms with Crippen LogP contribution in [0.1, 0.15) is 11.1 Å². The summed E-state index contributed by atoms with van der Waals surface area (Å²) in [5.41, 5.74) is 2.76. The first kappa shape index (κ1) is 14.9. The van der Waals surface area contributed by atoms with Crippen LogP contribution in [0.15, 0.2) is 58.5 Å². The number of hydrogen-bond donors (Lipinski definition) is 0. The lowest BCUT2D eigenvalue weighted by Gasteiger charge is -2.06. The van der Waals surface area contributed by atoms with Crippen LogP contribution >= 0.6 is 0 Å². The summed E-state index contributed by atoms with van der Waals surface area (Å²) >= 11 is 0. The molecule has 2 aromatic rings. The van der Waals surface area contributed by atoms with Crippen LogP contribution in [0.4, 0.5) is 10.1 Å². The summed E-state index contributed by atoms with van der Waals surface area (Å²) < 4.78 is 13.0. The minimum atomic E-state index is -0.273. The highest BCUT2D eigenvalue weighted by molar-refractivity contribution is 6.04. The van der Waals surface area contributed by atoms with Gasteiger partial charge in [0.1, 0.15) is 5.82 Å². The van der Waals surface area contributed by atoms with Gasteiger partial charge in [0, 0.05) is 19.7 Å². The lowest BCUT2D eigenvalue weighted by Crippen LogP contribution is -2.10. The molecule has 0 radical (unpaired) electrons. The fraction of sp³-hybridized carbons (Fsp3) is 0.176. The van der Waals surface area contributed by atoms with E-state index in [1.54, 1.807) is 18.5 Å². The highest BCUT2D eigenvalue weighted by Crippen LogP contribution is 2.16. The Morgan fingerprint density at radius 1 is 1.00 bits per heavy atom. The SMILES string of the molecule is Cc1ccc(N=C(N=CN(C)C)c2ccc(F)cc2)cc1. The van der Waals surface area contributed by atoms with Crippen LogP contribution in [0.3, 0.4) is 0 Å². The van der Waals surface area contributed by atoms with Gasteiger partial charge in [-0.15, -0.1) is 0 Å². The average Bonchev–Trinajstić information content (AvgIpc) is 2.46. The zero-order valence-corrected chi connectivity index (χ0v) is 12.4. The molecule has 0 N–H and O–H groups in total. The van der Waals surface area contributed by atoms with Crippen molar-refractivity contribution in [3.05, 3.63) is 65.5 Å². The third-order valence-corrected chi connectivity index (χ3v) is 2.78. The van der Waals surface area contributed by atoms with Gasteiger partial charge in [0.2, 0.25) is 0 Å². The van der Waals surface area contributed by atoms with Crippen molar-refractivity contribution in [1.82, 2.24) is 4.90 Å². The summed E-state index contributed by atoms with van der Waals surface area (Å²) in [6.45, 7) is 2.03. The Morgan fingerprint density at radius 3 is 2.19 bits per heavy atom. The van der Waals surface area contributed by atoms with Gasteiger partial charge in [-0.3, -0.25) is 0 Å². The van der Waals surface area contributed by atoms with Gasteiger partial charge in [-0.25, -0.2) is 14.4 Å². The first-order valence-electron chi connectivity index (χ1n) is 6.66. The van der Waals surface area contributed by atoms with Crippen molar-refractivity contribution in [2.45, 2.75) is 6.92 Å². The van der Waals surface area contributed by atoms with Crippen LogP contribution in [0, 0.1) is 12.7 Å². The molecule has 0 amide bonds. The normalized spacial score (nSPS) is 11.9. The predicted molar refractivity (Wildman–Crippen MR) is 86.0 cm³/mol. The van der Waals surface area contributed by atoms with Crippen molar-refractivity contribution in [2.75, 3.05) is 14.1 Å². The maximum Gasteiger partial charge on any atom is 0.161 e. The molecule has 4 heteroatoms. The molecule has 0 aliphatic heterocycles.